The Kier molecular flexibility index (Phi) is 5.33. The zero-order valence-electron chi connectivity index (χ0n) is 12.7. The Hall–Kier alpha value is -1.57. The Bertz CT molecular complexity index is 661. The molecule has 0 aromatic heterocycles. The molecule has 1 fully saturated rings. The van der Waals surface area contributed by atoms with Crippen molar-refractivity contribution in [3.63, 3.8) is 0 Å². The maximum atomic E-state index is 13.2. The fourth-order valence-corrected chi connectivity index (χ4v) is 3.94. The van der Waals surface area contributed by atoms with Gasteiger partial charge in [0.15, 0.2) is 9.73 Å². The summed E-state index contributed by atoms with van der Waals surface area (Å²) in [7, 11) is -4.53. The van der Waals surface area contributed by atoms with Gasteiger partial charge >= 0.3 is 5.51 Å². The highest BCUT2D eigenvalue weighted by Gasteiger charge is 2.44. The normalized spacial score (nSPS) is 23.5. The fourth-order valence-electron chi connectivity index (χ4n) is 2.50. The van der Waals surface area contributed by atoms with Crippen LogP contribution in [0.1, 0.15) is 19.8 Å². The molecular formula is C15H19F3N2O2S. The van der Waals surface area contributed by atoms with E-state index in [1.165, 1.54) is 12.1 Å². The lowest BCUT2D eigenvalue weighted by Gasteiger charge is -2.31. The molecule has 2 rings (SSSR count). The summed E-state index contributed by atoms with van der Waals surface area (Å²) in [6.45, 7) is 1.64. The number of carbonyl (C=O) groups is 1. The third kappa shape index (κ3) is 4.04. The zero-order valence-corrected chi connectivity index (χ0v) is 13.5. The van der Waals surface area contributed by atoms with Gasteiger partial charge in [0.1, 0.15) is 0 Å². The van der Waals surface area contributed by atoms with Gasteiger partial charge in [-0.25, -0.2) is 8.57 Å². The highest BCUT2D eigenvalue weighted by molar-refractivity contribution is 7.94. The molecule has 0 aliphatic heterocycles. The summed E-state index contributed by atoms with van der Waals surface area (Å²) in [5, 5.41) is 2.56. The lowest BCUT2D eigenvalue weighted by Crippen LogP contribution is -2.39. The standard InChI is InChI=1S/C15H19F3N2O2S/c1-11-9-12(10-11)14(21)19-7-8-20-23(22,15(16,17)18)13-5-3-2-4-6-13/h2-6,11-12H,7-10H2,1H3,(H,19,21). The van der Waals surface area contributed by atoms with Gasteiger partial charge in [-0.3, -0.25) is 4.79 Å². The van der Waals surface area contributed by atoms with Crippen LogP contribution in [0.4, 0.5) is 13.2 Å². The number of nitrogens with one attached hydrogen (secondary N) is 1. The predicted octanol–water partition coefficient (Wildman–Crippen LogP) is 3.20. The lowest BCUT2D eigenvalue weighted by molar-refractivity contribution is -0.128. The summed E-state index contributed by atoms with van der Waals surface area (Å²) in [5.41, 5.74) is -4.96. The first-order valence-electron chi connectivity index (χ1n) is 7.36. The molecule has 4 nitrogen and oxygen atoms in total. The number of amides is 1. The van der Waals surface area contributed by atoms with Crippen LogP contribution in [-0.4, -0.2) is 28.7 Å². The van der Waals surface area contributed by atoms with E-state index >= 15 is 0 Å². The van der Waals surface area contributed by atoms with Crippen LogP contribution in [0.5, 0.6) is 0 Å². The van der Waals surface area contributed by atoms with E-state index in [-0.39, 0.29) is 29.8 Å². The Morgan fingerprint density at radius 3 is 2.43 bits per heavy atom. The summed E-state index contributed by atoms with van der Waals surface area (Å²) < 4.78 is 55.1. The summed E-state index contributed by atoms with van der Waals surface area (Å²) in [5.74, 6) is 0.278. The van der Waals surface area contributed by atoms with Crippen LogP contribution >= 0.6 is 0 Å². The van der Waals surface area contributed by atoms with Crippen LogP contribution < -0.4 is 5.32 Å². The van der Waals surface area contributed by atoms with Crippen LogP contribution in [0.3, 0.4) is 0 Å². The molecule has 1 saturated carbocycles. The number of benzene rings is 1. The summed E-state index contributed by atoms with van der Waals surface area (Å²) in [4.78, 5) is 11.3. The van der Waals surface area contributed by atoms with Crippen molar-refractivity contribution < 1.29 is 22.2 Å². The molecule has 23 heavy (non-hydrogen) atoms. The number of nitrogens with zero attached hydrogens (tertiary/aromatic N) is 1. The first-order chi connectivity index (χ1) is 10.7. The largest absolute Gasteiger partial charge is 0.483 e. The highest BCUT2D eigenvalue weighted by Crippen LogP contribution is 2.33. The van der Waals surface area contributed by atoms with Crippen molar-refractivity contribution in [2.75, 3.05) is 13.1 Å². The average molecular weight is 348 g/mol. The van der Waals surface area contributed by atoms with Crippen molar-refractivity contribution in [2.45, 2.75) is 30.2 Å². The van der Waals surface area contributed by atoms with Gasteiger partial charge < -0.3 is 5.32 Å². The third-order valence-electron chi connectivity index (χ3n) is 3.81. The van der Waals surface area contributed by atoms with Gasteiger partial charge in [-0.2, -0.15) is 13.2 Å². The van der Waals surface area contributed by atoms with Crippen molar-refractivity contribution in [3.05, 3.63) is 30.3 Å². The molecule has 128 valence electrons. The van der Waals surface area contributed by atoms with Crippen molar-refractivity contribution >= 4 is 15.6 Å². The average Bonchev–Trinajstić information content (AvgIpc) is 2.47. The van der Waals surface area contributed by atoms with Crippen molar-refractivity contribution in [1.29, 1.82) is 0 Å². The molecule has 1 aliphatic rings. The molecule has 0 radical (unpaired) electrons. The van der Waals surface area contributed by atoms with Crippen molar-refractivity contribution in [1.82, 2.24) is 5.32 Å². The van der Waals surface area contributed by atoms with E-state index < -0.39 is 15.2 Å². The molecule has 0 bridgehead atoms. The molecule has 1 N–H and O–H groups in total. The van der Waals surface area contributed by atoms with Crippen molar-refractivity contribution in [2.24, 2.45) is 16.2 Å². The van der Waals surface area contributed by atoms with Crippen LogP contribution in [-0.2, 0) is 14.5 Å². The van der Waals surface area contributed by atoms with E-state index in [1.807, 2.05) is 6.92 Å². The maximum absolute atomic E-state index is 13.2. The van der Waals surface area contributed by atoms with Gasteiger partial charge in [0.25, 0.3) is 0 Å². The number of carbonyl (C=O) groups excluding carboxylic acids is 1. The molecule has 0 saturated heterocycles. The smallest absolute Gasteiger partial charge is 0.354 e. The van der Waals surface area contributed by atoms with E-state index in [1.54, 1.807) is 6.07 Å². The Balaban J connectivity index is 2.02. The van der Waals surface area contributed by atoms with E-state index in [9.17, 15) is 22.2 Å². The Labute approximate surface area is 133 Å². The molecule has 1 aliphatic carbocycles. The molecule has 0 heterocycles. The molecule has 1 atom stereocenters. The van der Waals surface area contributed by atoms with Gasteiger partial charge in [-0.1, -0.05) is 25.1 Å². The maximum Gasteiger partial charge on any atom is 0.483 e. The Morgan fingerprint density at radius 1 is 1.30 bits per heavy atom. The number of hydrogen-bond acceptors (Lipinski definition) is 3. The number of halogens is 3. The number of rotatable bonds is 5. The first-order valence-corrected chi connectivity index (χ1v) is 8.87. The fraction of sp³-hybridized carbons (Fsp3) is 0.533. The minimum Gasteiger partial charge on any atom is -0.354 e. The highest BCUT2D eigenvalue weighted by atomic mass is 32.2. The minimum atomic E-state index is -4.96. The van der Waals surface area contributed by atoms with Gasteiger partial charge in [0, 0.05) is 12.5 Å². The monoisotopic (exact) mass is 348 g/mol. The van der Waals surface area contributed by atoms with Gasteiger partial charge in [0.2, 0.25) is 5.91 Å². The molecule has 1 amide bonds. The molecular weight excluding hydrogens is 329 g/mol. The van der Waals surface area contributed by atoms with E-state index in [0.29, 0.717) is 5.92 Å². The van der Waals surface area contributed by atoms with Crippen LogP contribution in [0.15, 0.2) is 39.6 Å². The van der Waals surface area contributed by atoms with E-state index in [4.69, 9.17) is 0 Å². The SMILES string of the molecule is CC1CC(C(=O)NCCN=S(=O)(c2ccccc2)C(F)(F)F)C1. The molecule has 1 unspecified atom stereocenters. The second kappa shape index (κ2) is 6.90. The number of alkyl halides is 3. The Morgan fingerprint density at radius 2 is 1.91 bits per heavy atom. The zero-order chi connectivity index (χ0) is 17.1. The number of hydrogen-bond donors (Lipinski definition) is 1. The lowest BCUT2D eigenvalue weighted by atomic mass is 9.76. The minimum absolute atomic E-state index is 0.0520. The van der Waals surface area contributed by atoms with E-state index in [0.717, 1.165) is 25.0 Å². The third-order valence-corrected chi connectivity index (χ3v) is 5.89. The van der Waals surface area contributed by atoms with E-state index in [2.05, 4.69) is 9.68 Å². The summed E-state index contributed by atoms with van der Waals surface area (Å²) in [6.07, 6.45) is 1.60. The second-order valence-electron chi connectivity index (χ2n) is 5.70. The first kappa shape index (κ1) is 17.8. The van der Waals surface area contributed by atoms with Gasteiger partial charge in [0.05, 0.1) is 11.4 Å². The van der Waals surface area contributed by atoms with Crippen LogP contribution in [0.2, 0.25) is 0 Å². The quantitative estimate of drug-likeness (QED) is 0.831. The van der Waals surface area contributed by atoms with Crippen LogP contribution in [0, 0.1) is 11.8 Å². The van der Waals surface area contributed by atoms with Crippen LogP contribution in [0.25, 0.3) is 0 Å². The topological polar surface area (TPSA) is 58.5 Å². The molecule has 8 heteroatoms. The molecule has 0 spiro atoms. The molecule has 1 aromatic rings. The van der Waals surface area contributed by atoms with Gasteiger partial charge in [-0.05, 0) is 30.9 Å². The van der Waals surface area contributed by atoms with Gasteiger partial charge in [-0.15, -0.1) is 0 Å². The summed E-state index contributed by atoms with van der Waals surface area (Å²) >= 11 is 0. The second-order valence-corrected chi connectivity index (χ2v) is 7.95. The van der Waals surface area contributed by atoms with Crippen molar-refractivity contribution in [3.8, 4) is 0 Å². The summed E-state index contributed by atoms with van der Waals surface area (Å²) in [6, 6.07) is 6.60. The molecule has 1 aromatic carbocycles. The predicted molar refractivity (Wildman–Crippen MR) is 81.1 cm³/mol.